The lowest BCUT2D eigenvalue weighted by Gasteiger charge is -2.13. The van der Waals surface area contributed by atoms with Crippen molar-refractivity contribution in [2.45, 2.75) is 5.16 Å². The number of carbonyl (C=O) groups excluding carboxylic acids is 1. The van der Waals surface area contributed by atoms with Crippen LogP contribution in [0.25, 0.3) is 16.6 Å². The van der Waals surface area contributed by atoms with Crippen molar-refractivity contribution >= 4 is 50.7 Å². The summed E-state index contributed by atoms with van der Waals surface area (Å²) in [6.45, 7) is 0. The minimum Gasteiger partial charge on any atom is -0.497 e. The fourth-order valence-electron chi connectivity index (χ4n) is 3.31. The van der Waals surface area contributed by atoms with Gasteiger partial charge in [-0.3, -0.25) is 14.2 Å². The maximum absolute atomic E-state index is 13.3. The number of hydrogen-bond donors (Lipinski definition) is 1. The number of halogens is 1. The summed E-state index contributed by atoms with van der Waals surface area (Å²) in [5.41, 5.74) is 4.18. The van der Waals surface area contributed by atoms with Crippen LogP contribution in [-0.4, -0.2) is 41.6 Å². The predicted molar refractivity (Wildman–Crippen MR) is 141 cm³/mol. The Hall–Kier alpha value is -3.63. The molecule has 0 radical (unpaired) electrons. The standard InChI is InChI=1S/C25H21BrN4O4S/c1-33-19-10-8-18(9-11-19)30-24(32)20-5-3-4-6-21(20)28-25(30)35-15-23(31)29-27-14-16-13-17(26)7-12-22(16)34-2/h3-14H,15H2,1-2H3,(H,29,31)/b27-14-. The second-order valence-electron chi connectivity index (χ2n) is 7.22. The first-order chi connectivity index (χ1) is 17.0. The van der Waals surface area contributed by atoms with Gasteiger partial charge in [0, 0.05) is 10.0 Å². The molecule has 0 aliphatic rings. The van der Waals surface area contributed by atoms with E-state index in [2.05, 4.69) is 31.4 Å². The van der Waals surface area contributed by atoms with E-state index in [-0.39, 0.29) is 17.2 Å². The maximum Gasteiger partial charge on any atom is 0.266 e. The number of hydrazone groups is 1. The summed E-state index contributed by atoms with van der Waals surface area (Å²) in [6, 6.07) is 19.7. The summed E-state index contributed by atoms with van der Waals surface area (Å²) < 4.78 is 12.9. The van der Waals surface area contributed by atoms with Crippen LogP contribution in [-0.2, 0) is 4.79 Å². The lowest BCUT2D eigenvalue weighted by Crippen LogP contribution is -2.24. The van der Waals surface area contributed by atoms with Gasteiger partial charge in [-0.05, 0) is 54.6 Å². The lowest BCUT2D eigenvalue weighted by atomic mass is 10.2. The van der Waals surface area contributed by atoms with Crippen molar-refractivity contribution in [2.75, 3.05) is 20.0 Å². The molecule has 0 aliphatic carbocycles. The number of amides is 1. The van der Waals surface area contributed by atoms with Crippen molar-refractivity contribution in [1.82, 2.24) is 15.0 Å². The summed E-state index contributed by atoms with van der Waals surface area (Å²) in [5.74, 6) is 0.964. The number of nitrogens with one attached hydrogen (secondary N) is 1. The highest BCUT2D eigenvalue weighted by Gasteiger charge is 2.15. The van der Waals surface area contributed by atoms with E-state index in [9.17, 15) is 9.59 Å². The highest BCUT2D eigenvalue weighted by Crippen LogP contribution is 2.23. The van der Waals surface area contributed by atoms with Gasteiger partial charge >= 0.3 is 0 Å². The Morgan fingerprint density at radius 1 is 1.11 bits per heavy atom. The van der Waals surface area contributed by atoms with Crippen LogP contribution in [0, 0.1) is 0 Å². The highest BCUT2D eigenvalue weighted by atomic mass is 79.9. The molecule has 1 aromatic heterocycles. The molecule has 0 aliphatic heterocycles. The van der Waals surface area contributed by atoms with E-state index < -0.39 is 0 Å². The van der Waals surface area contributed by atoms with Gasteiger partial charge in [0.25, 0.3) is 11.5 Å². The quantitative estimate of drug-likeness (QED) is 0.150. The number of fused-ring (bicyclic) bond motifs is 1. The van der Waals surface area contributed by atoms with E-state index in [0.717, 1.165) is 16.2 Å². The van der Waals surface area contributed by atoms with Crippen LogP contribution in [0.1, 0.15) is 5.56 Å². The van der Waals surface area contributed by atoms with E-state index >= 15 is 0 Å². The van der Waals surface area contributed by atoms with Gasteiger partial charge < -0.3 is 9.47 Å². The Balaban J connectivity index is 1.56. The number of methoxy groups -OCH3 is 2. The molecule has 178 valence electrons. The molecule has 0 saturated carbocycles. The van der Waals surface area contributed by atoms with Gasteiger partial charge in [-0.15, -0.1) is 0 Å². The maximum atomic E-state index is 13.3. The summed E-state index contributed by atoms with van der Waals surface area (Å²) in [5, 5.41) is 4.91. The lowest BCUT2D eigenvalue weighted by molar-refractivity contribution is -0.118. The van der Waals surface area contributed by atoms with Gasteiger partial charge in [0.2, 0.25) is 0 Å². The molecule has 1 N–H and O–H groups in total. The molecule has 0 atom stereocenters. The van der Waals surface area contributed by atoms with Crippen LogP contribution >= 0.6 is 27.7 Å². The number of ether oxygens (including phenoxy) is 2. The molecule has 8 nitrogen and oxygen atoms in total. The SMILES string of the molecule is COc1ccc(-n2c(SCC(=O)N/N=C\c3cc(Br)ccc3OC)nc3ccccc3c2=O)cc1. The second kappa shape index (κ2) is 11.2. The molecule has 4 aromatic rings. The van der Waals surface area contributed by atoms with Crippen LogP contribution in [0.5, 0.6) is 11.5 Å². The molecule has 1 heterocycles. The first kappa shape index (κ1) is 24.5. The zero-order valence-electron chi connectivity index (χ0n) is 18.9. The third-order valence-electron chi connectivity index (χ3n) is 4.99. The smallest absolute Gasteiger partial charge is 0.266 e. The van der Waals surface area contributed by atoms with E-state index in [1.54, 1.807) is 62.8 Å². The molecule has 0 spiro atoms. The second-order valence-corrected chi connectivity index (χ2v) is 9.08. The topological polar surface area (TPSA) is 94.8 Å². The first-order valence-corrected chi connectivity index (χ1v) is 12.2. The molecular weight excluding hydrogens is 532 g/mol. The fourth-order valence-corrected chi connectivity index (χ4v) is 4.49. The third-order valence-corrected chi connectivity index (χ3v) is 6.42. The molecule has 0 saturated heterocycles. The Labute approximate surface area is 214 Å². The normalized spacial score (nSPS) is 11.1. The fraction of sp³-hybridized carbons (Fsp3) is 0.120. The predicted octanol–water partition coefficient (Wildman–Crippen LogP) is 4.41. The first-order valence-electron chi connectivity index (χ1n) is 10.4. The van der Waals surface area contributed by atoms with E-state index in [1.807, 2.05) is 18.2 Å². The van der Waals surface area contributed by atoms with Crippen LogP contribution in [0.3, 0.4) is 0 Å². The molecule has 3 aromatic carbocycles. The molecule has 0 unspecified atom stereocenters. The molecule has 0 fully saturated rings. The Bertz CT molecular complexity index is 1450. The number of nitrogens with zero attached hydrogens (tertiary/aromatic N) is 3. The number of thioether (sulfide) groups is 1. The Morgan fingerprint density at radius 3 is 2.63 bits per heavy atom. The number of aromatic nitrogens is 2. The minimum absolute atomic E-state index is 0.00783. The zero-order valence-corrected chi connectivity index (χ0v) is 21.3. The molecular formula is C25H21BrN4O4S. The molecule has 0 bridgehead atoms. The average Bonchev–Trinajstić information content (AvgIpc) is 2.88. The van der Waals surface area contributed by atoms with Crippen molar-refractivity contribution in [2.24, 2.45) is 5.10 Å². The van der Waals surface area contributed by atoms with Crippen molar-refractivity contribution in [3.63, 3.8) is 0 Å². The van der Waals surface area contributed by atoms with Gasteiger partial charge in [-0.25, -0.2) is 10.4 Å². The van der Waals surface area contributed by atoms with Gasteiger partial charge in [0.05, 0.1) is 42.8 Å². The van der Waals surface area contributed by atoms with Gasteiger partial charge in [-0.1, -0.05) is 39.8 Å². The van der Waals surface area contributed by atoms with Crippen LogP contribution < -0.4 is 20.5 Å². The number of rotatable bonds is 8. The third kappa shape index (κ3) is 5.72. The van der Waals surface area contributed by atoms with Crippen molar-refractivity contribution < 1.29 is 14.3 Å². The molecule has 10 heteroatoms. The van der Waals surface area contributed by atoms with Gasteiger partial charge in [0.1, 0.15) is 11.5 Å². The molecule has 1 amide bonds. The zero-order chi connectivity index (χ0) is 24.8. The molecule has 4 rings (SSSR count). The van der Waals surface area contributed by atoms with Gasteiger partial charge in [0.15, 0.2) is 5.16 Å². The van der Waals surface area contributed by atoms with Crippen molar-refractivity contribution in [3.8, 4) is 17.2 Å². The number of hydrogen-bond acceptors (Lipinski definition) is 7. The highest BCUT2D eigenvalue weighted by molar-refractivity contribution is 9.10. The summed E-state index contributed by atoms with van der Waals surface area (Å²) in [7, 11) is 3.14. The monoisotopic (exact) mass is 552 g/mol. The Kier molecular flexibility index (Phi) is 7.84. The van der Waals surface area contributed by atoms with Crippen LogP contribution in [0.4, 0.5) is 0 Å². The average molecular weight is 553 g/mol. The number of benzene rings is 3. The van der Waals surface area contributed by atoms with Crippen LogP contribution in [0.15, 0.2) is 86.3 Å². The molecule has 35 heavy (non-hydrogen) atoms. The summed E-state index contributed by atoms with van der Waals surface area (Å²) in [6.07, 6.45) is 1.51. The largest absolute Gasteiger partial charge is 0.497 e. The van der Waals surface area contributed by atoms with Crippen molar-refractivity contribution in [1.29, 1.82) is 0 Å². The van der Waals surface area contributed by atoms with Crippen LogP contribution in [0.2, 0.25) is 0 Å². The van der Waals surface area contributed by atoms with Gasteiger partial charge in [-0.2, -0.15) is 5.10 Å². The van der Waals surface area contributed by atoms with Crippen molar-refractivity contribution in [3.05, 3.63) is 87.1 Å². The minimum atomic E-state index is -0.344. The summed E-state index contributed by atoms with van der Waals surface area (Å²) in [4.78, 5) is 30.4. The Morgan fingerprint density at radius 2 is 1.89 bits per heavy atom. The van der Waals surface area contributed by atoms with E-state index in [4.69, 9.17) is 9.47 Å². The summed E-state index contributed by atoms with van der Waals surface area (Å²) >= 11 is 4.55. The van der Waals surface area contributed by atoms with E-state index in [0.29, 0.717) is 38.8 Å². The number of carbonyl (C=O) groups is 1. The number of para-hydroxylation sites is 1. The van der Waals surface area contributed by atoms with E-state index in [1.165, 1.54) is 10.8 Å².